The standard InChI is InChI=1S/C12H12F5NO2/c1-3-20-9(19)5-8-6(2)4-7(11(13)14)10(18-8)12(15,16)17/h4,11H,3,5H2,1-2H3. The van der Waals surface area contributed by atoms with E-state index < -0.39 is 36.2 Å². The SMILES string of the molecule is CCOC(=O)Cc1nc(C(F)(F)F)c(C(F)F)cc1C. The maximum absolute atomic E-state index is 12.7. The molecule has 1 heterocycles. The van der Waals surface area contributed by atoms with Crippen LogP contribution in [0, 0.1) is 6.92 Å². The van der Waals surface area contributed by atoms with Crippen LogP contribution in [0.2, 0.25) is 0 Å². The number of hydrogen-bond donors (Lipinski definition) is 0. The molecule has 0 aromatic carbocycles. The van der Waals surface area contributed by atoms with Crippen molar-refractivity contribution >= 4 is 5.97 Å². The second-order valence-corrected chi connectivity index (χ2v) is 3.97. The molecule has 0 radical (unpaired) electrons. The zero-order chi connectivity index (χ0) is 15.5. The number of ether oxygens (including phenoxy) is 1. The van der Waals surface area contributed by atoms with Crippen LogP contribution in [0.3, 0.4) is 0 Å². The van der Waals surface area contributed by atoms with Crippen molar-refractivity contribution < 1.29 is 31.5 Å². The lowest BCUT2D eigenvalue weighted by molar-refractivity contribution is -0.145. The molecular formula is C12H12F5NO2. The number of carbonyl (C=O) groups is 1. The van der Waals surface area contributed by atoms with Gasteiger partial charge in [0.15, 0.2) is 5.69 Å². The molecule has 0 amide bonds. The molecule has 0 unspecified atom stereocenters. The van der Waals surface area contributed by atoms with E-state index in [2.05, 4.69) is 9.72 Å². The van der Waals surface area contributed by atoms with Crippen LogP contribution in [0.4, 0.5) is 22.0 Å². The second kappa shape index (κ2) is 6.15. The third-order valence-corrected chi connectivity index (χ3v) is 2.47. The molecule has 0 aliphatic carbocycles. The zero-order valence-corrected chi connectivity index (χ0v) is 10.7. The summed E-state index contributed by atoms with van der Waals surface area (Å²) < 4.78 is 67.9. The molecule has 0 N–H and O–H groups in total. The lowest BCUT2D eigenvalue weighted by Crippen LogP contribution is -2.17. The molecule has 0 saturated heterocycles. The Morgan fingerprint density at radius 3 is 2.45 bits per heavy atom. The van der Waals surface area contributed by atoms with Gasteiger partial charge in [0, 0.05) is 5.56 Å². The molecule has 0 aliphatic heterocycles. The molecule has 3 nitrogen and oxygen atoms in total. The highest BCUT2D eigenvalue weighted by atomic mass is 19.4. The first-order valence-electron chi connectivity index (χ1n) is 5.68. The van der Waals surface area contributed by atoms with Crippen LogP contribution in [0.25, 0.3) is 0 Å². The molecule has 0 saturated carbocycles. The summed E-state index contributed by atoms with van der Waals surface area (Å²) in [6.07, 6.45) is -8.80. The van der Waals surface area contributed by atoms with E-state index in [9.17, 15) is 26.7 Å². The fraction of sp³-hybridized carbons (Fsp3) is 0.500. The number of aryl methyl sites for hydroxylation is 1. The van der Waals surface area contributed by atoms with E-state index in [0.717, 1.165) is 0 Å². The van der Waals surface area contributed by atoms with E-state index in [0.29, 0.717) is 6.07 Å². The topological polar surface area (TPSA) is 39.2 Å². The van der Waals surface area contributed by atoms with Gasteiger partial charge in [-0.15, -0.1) is 0 Å². The Labute approximate surface area is 111 Å². The van der Waals surface area contributed by atoms with Crippen LogP contribution >= 0.6 is 0 Å². The summed E-state index contributed by atoms with van der Waals surface area (Å²) in [6.45, 7) is 2.92. The highest BCUT2D eigenvalue weighted by molar-refractivity contribution is 5.72. The molecular weight excluding hydrogens is 285 g/mol. The van der Waals surface area contributed by atoms with E-state index >= 15 is 0 Å². The predicted molar refractivity (Wildman–Crippen MR) is 59.3 cm³/mol. The van der Waals surface area contributed by atoms with E-state index in [1.54, 1.807) is 6.92 Å². The van der Waals surface area contributed by atoms with E-state index in [1.165, 1.54) is 6.92 Å². The van der Waals surface area contributed by atoms with Crippen molar-refractivity contribution in [3.05, 3.63) is 28.6 Å². The van der Waals surface area contributed by atoms with Crippen molar-refractivity contribution in [1.82, 2.24) is 4.98 Å². The quantitative estimate of drug-likeness (QED) is 0.631. The first kappa shape index (κ1) is 16.3. The van der Waals surface area contributed by atoms with Gasteiger partial charge in [-0.2, -0.15) is 13.2 Å². The van der Waals surface area contributed by atoms with E-state index in [4.69, 9.17) is 0 Å². The summed E-state index contributed by atoms with van der Waals surface area (Å²) in [5, 5.41) is 0. The van der Waals surface area contributed by atoms with E-state index in [1.807, 2.05) is 0 Å². The number of nitrogens with zero attached hydrogens (tertiary/aromatic N) is 1. The summed E-state index contributed by atoms with van der Waals surface area (Å²) in [5.41, 5.74) is -3.00. The molecule has 0 fully saturated rings. The van der Waals surface area contributed by atoms with Crippen LogP contribution in [-0.2, 0) is 22.1 Å². The minimum atomic E-state index is -5.01. The molecule has 1 aromatic rings. The molecule has 20 heavy (non-hydrogen) atoms. The van der Waals surface area contributed by atoms with Gasteiger partial charge in [-0.25, -0.2) is 13.8 Å². The molecule has 0 bridgehead atoms. The van der Waals surface area contributed by atoms with Gasteiger partial charge in [0.25, 0.3) is 6.43 Å². The van der Waals surface area contributed by atoms with Crippen molar-refractivity contribution in [2.24, 2.45) is 0 Å². The van der Waals surface area contributed by atoms with Crippen molar-refractivity contribution in [2.45, 2.75) is 32.9 Å². The summed E-state index contributed by atoms with van der Waals surface area (Å²) >= 11 is 0. The summed E-state index contributed by atoms with van der Waals surface area (Å²) in [5.74, 6) is -0.763. The maximum Gasteiger partial charge on any atom is 0.433 e. The molecule has 1 rings (SSSR count). The molecule has 0 aliphatic rings. The average molecular weight is 297 g/mol. The third kappa shape index (κ3) is 3.88. The van der Waals surface area contributed by atoms with Crippen LogP contribution in [0.15, 0.2) is 6.07 Å². The fourth-order valence-electron chi connectivity index (χ4n) is 1.59. The fourth-order valence-corrected chi connectivity index (χ4v) is 1.59. The van der Waals surface area contributed by atoms with Crippen LogP contribution in [0.1, 0.15) is 35.9 Å². The van der Waals surface area contributed by atoms with Crippen molar-refractivity contribution in [2.75, 3.05) is 6.61 Å². The number of pyridine rings is 1. The smallest absolute Gasteiger partial charge is 0.433 e. The molecule has 1 aromatic heterocycles. The molecule has 0 spiro atoms. The van der Waals surface area contributed by atoms with Crippen LogP contribution in [0.5, 0.6) is 0 Å². The van der Waals surface area contributed by atoms with Gasteiger partial charge < -0.3 is 4.74 Å². The monoisotopic (exact) mass is 297 g/mol. The number of esters is 1. The summed E-state index contributed by atoms with van der Waals surface area (Å²) in [7, 11) is 0. The lowest BCUT2D eigenvalue weighted by Gasteiger charge is -2.15. The number of rotatable bonds is 4. The summed E-state index contributed by atoms with van der Waals surface area (Å²) in [6, 6.07) is 0.703. The molecule has 0 atom stereocenters. The number of aromatic nitrogens is 1. The third-order valence-electron chi connectivity index (χ3n) is 2.47. The highest BCUT2D eigenvalue weighted by Crippen LogP contribution is 2.36. The van der Waals surface area contributed by atoms with Gasteiger partial charge in [-0.05, 0) is 25.5 Å². The normalized spacial score (nSPS) is 11.8. The Hall–Kier alpha value is -1.73. The minimum absolute atomic E-state index is 0.0686. The predicted octanol–water partition coefficient (Wildman–Crippen LogP) is 3.45. The maximum atomic E-state index is 12.7. The van der Waals surface area contributed by atoms with E-state index in [-0.39, 0.29) is 17.9 Å². The Kier molecular flexibility index (Phi) is 5.02. The highest BCUT2D eigenvalue weighted by Gasteiger charge is 2.38. The first-order chi connectivity index (χ1) is 9.16. The number of carbonyl (C=O) groups excluding carboxylic acids is 1. The Balaban J connectivity index is 3.25. The van der Waals surface area contributed by atoms with Crippen molar-refractivity contribution in [3.8, 4) is 0 Å². The Morgan fingerprint density at radius 2 is 2.00 bits per heavy atom. The van der Waals surface area contributed by atoms with Gasteiger partial charge in [0.2, 0.25) is 0 Å². The van der Waals surface area contributed by atoms with Gasteiger partial charge in [0.05, 0.1) is 18.7 Å². The largest absolute Gasteiger partial charge is 0.466 e. The van der Waals surface area contributed by atoms with Crippen molar-refractivity contribution in [3.63, 3.8) is 0 Å². The summed E-state index contributed by atoms with van der Waals surface area (Å²) in [4.78, 5) is 14.4. The van der Waals surface area contributed by atoms with Crippen LogP contribution < -0.4 is 0 Å². The molecule has 112 valence electrons. The van der Waals surface area contributed by atoms with Crippen LogP contribution in [-0.4, -0.2) is 17.6 Å². The number of alkyl halides is 5. The molecule has 8 heteroatoms. The number of halogens is 5. The minimum Gasteiger partial charge on any atom is -0.466 e. The first-order valence-corrected chi connectivity index (χ1v) is 5.68. The second-order valence-electron chi connectivity index (χ2n) is 3.97. The lowest BCUT2D eigenvalue weighted by atomic mass is 10.1. The average Bonchev–Trinajstić information content (AvgIpc) is 2.29. The van der Waals surface area contributed by atoms with Gasteiger partial charge >= 0.3 is 12.1 Å². The number of hydrogen-bond acceptors (Lipinski definition) is 3. The van der Waals surface area contributed by atoms with Crippen molar-refractivity contribution in [1.29, 1.82) is 0 Å². The Morgan fingerprint density at radius 1 is 1.40 bits per heavy atom. The van der Waals surface area contributed by atoms with Gasteiger partial charge in [-0.3, -0.25) is 4.79 Å². The van der Waals surface area contributed by atoms with Gasteiger partial charge in [-0.1, -0.05) is 0 Å². The Bertz CT molecular complexity index is 499. The van der Waals surface area contributed by atoms with Gasteiger partial charge in [0.1, 0.15) is 0 Å². The zero-order valence-electron chi connectivity index (χ0n) is 10.7.